The number of rotatable bonds is 26. The highest BCUT2D eigenvalue weighted by molar-refractivity contribution is 5.90. The molecule has 0 spiro atoms. The maximum Gasteiger partial charge on any atom is 0.334 e. The summed E-state index contributed by atoms with van der Waals surface area (Å²) in [5, 5.41) is 41.4. The summed E-state index contributed by atoms with van der Waals surface area (Å²) in [5.74, 6) is -0.383. The molecule has 7 heteroatoms. The molecule has 0 bridgehead atoms. The number of unbranched alkanes of at least 4 members (excludes halogenated alkanes) is 13. The summed E-state index contributed by atoms with van der Waals surface area (Å²) >= 11 is 0. The van der Waals surface area contributed by atoms with Crippen LogP contribution in [0.3, 0.4) is 0 Å². The van der Waals surface area contributed by atoms with Gasteiger partial charge in [0.1, 0.15) is 6.10 Å². The van der Waals surface area contributed by atoms with Crippen LogP contribution in [0.15, 0.2) is 11.6 Å². The minimum Gasteiger partial charge on any atom is -0.455 e. The summed E-state index contributed by atoms with van der Waals surface area (Å²) in [6, 6.07) is 0. The van der Waals surface area contributed by atoms with E-state index in [1.807, 2.05) is 0 Å². The number of cyclic esters (lactones) is 1. The summed E-state index contributed by atoms with van der Waals surface area (Å²) in [6.07, 6.45) is 22.7. The summed E-state index contributed by atoms with van der Waals surface area (Å²) in [4.78, 5) is 11.7. The molecule has 7 unspecified atom stereocenters. The van der Waals surface area contributed by atoms with E-state index in [9.17, 15) is 25.2 Å². The number of carbonyl (C=O) groups excluding carboxylic acids is 1. The molecule has 0 aromatic carbocycles. The van der Waals surface area contributed by atoms with Crippen molar-refractivity contribution >= 4 is 5.97 Å². The molecule has 7 atom stereocenters. The Bertz CT molecular complexity index is 726. The lowest BCUT2D eigenvalue weighted by Crippen LogP contribution is -2.27. The first kappa shape index (κ1) is 37.2. The molecule has 0 radical (unpaired) electrons. The Morgan fingerprint density at radius 3 is 1.93 bits per heavy atom. The number of esters is 1. The van der Waals surface area contributed by atoms with E-state index in [0.717, 1.165) is 51.4 Å². The highest BCUT2D eigenvalue weighted by atomic mass is 16.5. The average molecular weight is 597 g/mol. The molecule has 0 aromatic rings. The number of hydrogen-bond donors (Lipinski definition) is 4. The van der Waals surface area contributed by atoms with Crippen LogP contribution in [0.2, 0.25) is 0 Å². The van der Waals surface area contributed by atoms with Crippen molar-refractivity contribution in [3.63, 3.8) is 0 Å². The second-order valence-corrected chi connectivity index (χ2v) is 13.1. The third kappa shape index (κ3) is 16.2. The van der Waals surface area contributed by atoms with Gasteiger partial charge in [-0.2, -0.15) is 0 Å². The van der Waals surface area contributed by atoms with E-state index in [2.05, 4.69) is 6.92 Å². The van der Waals surface area contributed by atoms with Gasteiger partial charge in [0.2, 0.25) is 0 Å². The minimum atomic E-state index is -0.881. The molecule has 7 nitrogen and oxygen atoms in total. The molecule has 0 saturated carbocycles. The first-order chi connectivity index (χ1) is 20.3. The average Bonchev–Trinajstić information content (AvgIpc) is 3.57. The van der Waals surface area contributed by atoms with Gasteiger partial charge in [-0.05, 0) is 57.9 Å². The van der Waals surface area contributed by atoms with Gasteiger partial charge in [0.25, 0.3) is 0 Å². The van der Waals surface area contributed by atoms with E-state index < -0.39 is 18.3 Å². The maximum atomic E-state index is 11.7. The molecule has 2 aliphatic heterocycles. The summed E-state index contributed by atoms with van der Waals surface area (Å²) in [5.41, 5.74) is 0.483. The van der Waals surface area contributed by atoms with Crippen LogP contribution < -0.4 is 0 Å². The zero-order valence-electron chi connectivity index (χ0n) is 26.9. The number of hydrogen-bond acceptors (Lipinski definition) is 7. The van der Waals surface area contributed by atoms with Crippen molar-refractivity contribution < 1.29 is 34.7 Å². The minimum absolute atomic E-state index is 0.0194. The number of carbonyl (C=O) groups is 1. The summed E-state index contributed by atoms with van der Waals surface area (Å²) in [6.45, 7) is 4.05. The van der Waals surface area contributed by atoms with Crippen molar-refractivity contribution in [1.29, 1.82) is 0 Å². The van der Waals surface area contributed by atoms with Gasteiger partial charge in [-0.3, -0.25) is 0 Å². The third-order valence-corrected chi connectivity index (χ3v) is 9.14. The lowest BCUT2D eigenvalue weighted by atomic mass is 9.97. The maximum absolute atomic E-state index is 11.7. The van der Waals surface area contributed by atoms with Gasteiger partial charge in [-0.15, -0.1) is 0 Å². The van der Waals surface area contributed by atoms with Crippen LogP contribution in [0.1, 0.15) is 162 Å². The number of aliphatic hydroxyl groups excluding tert-OH is 4. The standard InChI is InChI=1S/C35H64O7/c1-3-4-5-6-7-8-9-10-11-12-13-16-20-33(39)34-24-22-30(42-34)18-15-14-17-19-31(37)32(38)23-21-29(36)26-28-25-27(2)41-35(28)40/h25,27,29-34,36-39H,3-24,26H2,1-2H3. The van der Waals surface area contributed by atoms with Gasteiger partial charge in [-0.25, -0.2) is 4.79 Å². The van der Waals surface area contributed by atoms with Crippen molar-refractivity contribution in [2.75, 3.05) is 0 Å². The zero-order chi connectivity index (χ0) is 30.6. The smallest absolute Gasteiger partial charge is 0.334 e. The van der Waals surface area contributed by atoms with E-state index in [1.165, 1.54) is 70.6 Å². The summed E-state index contributed by atoms with van der Waals surface area (Å²) < 4.78 is 11.2. The van der Waals surface area contributed by atoms with E-state index >= 15 is 0 Å². The van der Waals surface area contributed by atoms with Gasteiger partial charge < -0.3 is 29.9 Å². The fraction of sp³-hybridized carbons (Fsp3) is 0.914. The Labute approximate surface area is 256 Å². The van der Waals surface area contributed by atoms with Gasteiger partial charge in [0.15, 0.2) is 0 Å². The molecule has 42 heavy (non-hydrogen) atoms. The summed E-state index contributed by atoms with van der Waals surface area (Å²) in [7, 11) is 0. The van der Waals surface area contributed by atoms with Crippen LogP contribution in [-0.2, 0) is 14.3 Å². The molecule has 2 rings (SSSR count). The van der Waals surface area contributed by atoms with Crippen molar-refractivity contribution in [3.05, 3.63) is 11.6 Å². The van der Waals surface area contributed by atoms with Crippen molar-refractivity contribution in [1.82, 2.24) is 0 Å². The molecule has 246 valence electrons. The first-order valence-electron chi connectivity index (χ1n) is 17.6. The Balaban J connectivity index is 1.41. The first-order valence-corrected chi connectivity index (χ1v) is 17.6. The van der Waals surface area contributed by atoms with Gasteiger partial charge >= 0.3 is 5.97 Å². The van der Waals surface area contributed by atoms with E-state index in [4.69, 9.17) is 9.47 Å². The van der Waals surface area contributed by atoms with Crippen LogP contribution in [0.4, 0.5) is 0 Å². The van der Waals surface area contributed by atoms with Gasteiger partial charge in [0, 0.05) is 12.0 Å². The molecule has 1 saturated heterocycles. The molecule has 4 N–H and O–H groups in total. The third-order valence-electron chi connectivity index (χ3n) is 9.14. The largest absolute Gasteiger partial charge is 0.455 e. The van der Waals surface area contributed by atoms with Crippen LogP contribution in [0.25, 0.3) is 0 Å². The highest BCUT2D eigenvalue weighted by Crippen LogP contribution is 2.28. The van der Waals surface area contributed by atoms with Crippen LogP contribution in [-0.4, -0.2) is 69.1 Å². The van der Waals surface area contributed by atoms with Gasteiger partial charge in [0.05, 0.1) is 36.6 Å². The zero-order valence-corrected chi connectivity index (χ0v) is 26.9. The second kappa shape index (κ2) is 22.5. The molecule has 2 aliphatic rings. The quantitative estimate of drug-likeness (QED) is 0.0624. The second-order valence-electron chi connectivity index (χ2n) is 13.1. The van der Waals surface area contributed by atoms with Crippen molar-refractivity contribution in [3.8, 4) is 0 Å². The van der Waals surface area contributed by atoms with E-state index in [1.54, 1.807) is 13.0 Å². The molecule has 0 aliphatic carbocycles. The van der Waals surface area contributed by atoms with Crippen LogP contribution >= 0.6 is 0 Å². The fourth-order valence-electron chi connectivity index (χ4n) is 6.40. The normalized spacial score (nSPS) is 23.5. The molecule has 1 fully saturated rings. The van der Waals surface area contributed by atoms with Crippen LogP contribution in [0, 0.1) is 0 Å². The lowest BCUT2D eigenvalue weighted by Gasteiger charge is -2.20. The van der Waals surface area contributed by atoms with Crippen LogP contribution in [0.5, 0.6) is 0 Å². The lowest BCUT2D eigenvalue weighted by molar-refractivity contribution is -0.139. The number of aliphatic hydroxyl groups is 4. The molecule has 0 aromatic heterocycles. The van der Waals surface area contributed by atoms with Gasteiger partial charge in [-0.1, -0.05) is 103 Å². The highest BCUT2D eigenvalue weighted by Gasteiger charge is 2.30. The van der Waals surface area contributed by atoms with E-state index in [0.29, 0.717) is 24.8 Å². The Morgan fingerprint density at radius 1 is 0.738 bits per heavy atom. The van der Waals surface area contributed by atoms with Crippen molar-refractivity contribution in [2.45, 2.75) is 204 Å². The number of ether oxygens (including phenoxy) is 2. The Morgan fingerprint density at radius 2 is 1.31 bits per heavy atom. The fourth-order valence-corrected chi connectivity index (χ4v) is 6.40. The molecular weight excluding hydrogens is 532 g/mol. The topological polar surface area (TPSA) is 116 Å². The Hall–Kier alpha value is -0.990. The monoisotopic (exact) mass is 596 g/mol. The molecular formula is C35H64O7. The molecule has 0 amide bonds. The van der Waals surface area contributed by atoms with Crippen molar-refractivity contribution in [2.24, 2.45) is 0 Å². The Kier molecular flexibility index (Phi) is 19.9. The predicted molar refractivity (Wildman–Crippen MR) is 168 cm³/mol. The molecule has 2 heterocycles. The SMILES string of the molecule is CCCCCCCCCCCCCCC(O)C1CCC(CCCCCC(O)C(O)CCC(O)CC2=CC(C)OC2=O)O1. The van der Waals surface area contributed by atoms with E-state index in [-0.39, 0.29) is 36.8 Å². The predicted octanol–water partition coefficient (Wildman–Crippen LogP) is 7.06.